The van der Waals surface area contributed by atoms with Gasteiger partial charge in [-0.05, 0) is 43.2 Å². The molecule has 2 aromatic rings. The molecule has 1 heterocycles. The van der Waals surface area contributed by atoms with Crippen LogP contribution in [0, 0.1) is 0 Å². The highest BCUT2D eigenvalue weighted by atomic mass is 79.9. The normalized spacial score (nSPS) is 15.7. The number of hydrogen-bond acceptors (Lipinski definition) is 5. The molecule has 1 aliphatic rings. The summed E-state index contributed by atoms with van der Waals surface area (Å²) in [5.41, 5.74) is 3.16. The first-order valence-corrected chi connectivity index (χ1v) is 11.7. The third-order valence-corrected chi connectivity index (χ3v) is 7.23. The maximum atomic E-state index is 13.3. The fourth-order valence-electron chi connectivity index (χ4n) is 3.33. The van der Waals surface area contributed by atoms with Crippen molar-refractivity contribution in [1.29, 1.82) is 0 Å². The first kappa shape index (κ1) is 21.6. The Labute approximate surface area is 179 Å². The predicted octanol–water partition coefficient (Wildman–Crippen LogP) is 3.32. The van der Waals surface area contributed by atoms with E-state index in [0.29, 0.717) is 0 Å². The Bertz CT molecular complexity index is 943. The Kier molecular flexibility index (Phi) is 7.51. The maximum absolute atomic E-state index is 13.3. The van der Waals surface area contributed by atoms with Crippen LogP contribution in [0.3, 0.4) is 0 Å². The van der Waals surface area contributed by atoms with E-state index in [9.17, 15) is 13.2 Å². The standard InChI is InChI=1S/C20H23BrN4O3S/c21-17-8-10-19(11-9-17)29(27,28)25(18-6-2-1-3-7-18)15-20(26)24-23-14-16-5-4-12-22-13-16/h4-5,8-14,18H,1-3,6-7,15H2,(H,24,26)/b23-14+. The molecule has 3 rings (SSSR count). The molecule has 0 saturated heterocycles. The van der Waals surface area contributed by atoms with Crippen molar-refractivity contribution >= 4 is 38.1 Å². The van der Waals surface area contributed by atoms with Crippen LogP contribution >= 0.6 is 15.9 Å². The minimum absolute atomic E-state index is 0.179. The molecule has 0 atom stereocenters. The number of halogens is 1. The van der Waals surface area contributed by atoms with Gasteiger partial charge in [0, 0.05) is 28.5 Å². The monoisotopic (exact) mass is 478 g/mol. The minimum atomic E-state index is -3.80. The fraction of sp³-hybridized carbons (Fsp3) is 0.350. The van der Waals surface area contributed by atoms with Crippen LogP contribution in [0.4, 0.5) is 0 Å². The van der Waals surface area contributed by atoms with Gasteiger partial charge in [-0.25, -0.2) is 13.8 Å². The summed E-state index contributed by atoms with van der Waals surface area (Å²) >= 11 is 3.32. The summed E-state index contributed by atoms with van der Waals surface area (Å²) in [7, 11) is -3.80. The number of benzene rings is 1. The Balaban J connectivity index is 1.75. The van der Waals surface area contributed by atoms with Crippen LogP contribution in [-0.2, 0) is 14.8 Å². The Hall–Kier alpha value is -2.10. The lowest BCUT2D eigenvalue weighted by atomic mass is 9.95. The smallest absolute Gasteiger partial charge is 0.255 e. The van der Waals surface area contributed by atoms with Gasteiger partial charge in [-0.3, -0.25) is 9.78 Å². The van der Waals surface area contributed by atoms with E-state index in [2.05, 4.69) is 31.4 Å². The highest BCUT2D eigenvalue weighted by molar-refractivity contribution is 9.10. The number of nitrogens with one attached hydrogen (secondary N) is 1. The Morgan fingerprint density at radius 2 is 1.93 bits per heavy atom. The second-order valence-electron chi connectivity index (χ2n) is 6.88. The number of rotatable bonds is 7. The molecule has 0 unspecified atom stereocenters. The van der Waals surface area contributed by atoms with Crippen molar-refractivity contribution < 1.29 is 13.2 Å². The molecule has 154 valence electrons. The van der Waals surface area contributed by atoms with E-state index in [4.69, 9.17) is 0 Å². The summed E-state index contributed by atoms with van der Waals surface area (Å²) in [4.78, 5) is 16.6. The summed E-state index contributed by atoms with van der Waals surface area (Å²) in [5, 5.41) is 3.91. The zero-order chi connectivity index (χ0) is 20.7. The van der Waals surface area contributed by atoms with E-state index in [1.165, 1.54) is 10.5 Å². The molecule has 1 amide bonds. The van der Waals surface area contributed by atoms with Gasteiger partial charge in [0.15, 0.2) is 0 Å². The van der Waals surface area contributed by atoms with E-state index in [-0.39, 0.29) is 17.5 Å². The third kappa shape index (κ3) is 5.94. The molecular formula is C20H23BrN4O3S. The second-order valence-corrected chi connectivity index (χ2v) is 9.68. The summed E-state index contributed by atoms with van der Waals surface area (Å²) < 4.78 is 28.6. The lowest BCUT2D eigenvalue weighted by Gasteiger charge is -2.32. The SMILES string of the molecule is O=C(CN(C1CCCCC1)S(=O)(=O)c1ccc(Br)cc1)N/N=C/c1cccnc1. The van der Waals surface area contributed by atoms with Gasteiger partial charge < -0.3 is 0 Å². The minimum Gasteiger partial charge on any atom is -0.272 e. The molecule has 0 aliphatic heterocycles. The number of hydrazone groups is 1. The number of hydrogen-bond donors (Lipinski definition) is 1. The van der Waals surface area contributed by atoms with Crippen LogP contribution in [0.5, 0.6) is 0 Å². The molecule has 9 heteroatoms. The molecule has 0 radical (unpaired) electrons. The average Bonchev–Trinajstić information content (AvgIpc) is 2.73. The van der Waals surface area contributed by atoms with Gasteiger partial charge >= 0.3 is 0 Å². The maximum Gasteiger partial charge on any atom is 0.255 e. The van der Waals surface area contributed by atoms with Gasteiger partial charge in [0.2, 0.25) is 10.0 Å². The van der Waals surface area contributed by atoms with Crippen LogP contribution in [0.1, 0.15) is 37.7 Å². The molecule has 1 fully saturated rings. The van der Waals surface area contributed by atoms with E-state index in [0.717, 1.165) is 42.1 Å². The van der Waals surface area contributed by atoms with Gasteiger partial charge in [0.1, 0.15) is 0 Å². The summed E-state index contributed by atoms with van der Waals surface area (Å²) in [6.07, 6.45) is 9.23. The molecule has 1 aromatic carbocycles. The zero-order valence-corrected chi connectivity index (χ0v) is 18.3. The van der Waals surface area contributed by atoms with Crippen molar-refractivity contribution in [3.63, 3.8) is 0 Å². The van der Waals surface area contributed by atoms with Crippen molar-refractivity contribution in [2.75, 3.05) is 6.54 Å². The van der Waals surface area contributed by atoms with Crippen LogP contribution in [0.2, 0.25) is 0 Å². The number of aromatic nitrogens is 1. The van der Waals surface area contributed by atoms with Crippen LogP contribution in [0.15, 0.2) is 63.3 Å². The van der Waals surface area contributed by atoms with Crippen molar-refractivity contribution in [1.82, 2.24) is 14.7 Å². The van der Waals surface area contributed by atoms with Gasteiger partial charge in [0.05, 0.1) is 17.7 Å². The number of pyridine rings is 1. The van der Waals surface area contributed by atoms with Gasteiger partial charge in [0.25, 0.3) is 5.91 Å². The number of amides is 1. The molecule has 0 spiro atoms. The van der Waals surface area contributed by atoms with E-state index in [1.807, 2.05) is 0 Å². The molecule has 1 N–H and O–H groups in total. The Morgan fingerprint density at radius 1 is 1.21 bits per heavy atom. The zero-order valence-electron chi connectivity index (χ0n) is 15.9. The van der Waals surface area contributed by atoms with E-state index in [1.54, 1.807) is 48.8 Å². The van der Waals surface area contributed by atoms with E-state index < -0.39 is 15.9 Å². The Morgan fingerprint density at radius 3 is 2.59 bits per heavy atom. The first-order valence-electron chi connectivity index (χ1n) is 9.46. The molecule has 1 aliphatic carbocycles. The van der Waals surface area contributed by atoms with Crippen molar-refractivity contribution in [3.05, 3.63) is 58.8 Å². The number of sulfonamides is 1. The van der Waals surface area contributed by atoms with Crippen molar-refractivity contribution in [2.24, 2.45) is 5.10 Å². The average molecular weight is 479 g/mol. The van der Waals surface area contributed by atoms with E-state index >= 15 is 0 Å². The number of nitrogens with zero attached hydrogens (tertiary/aromatic N) is 3. The lowest BCUT2D eigenvalue weighted by Crippen LogP contribution is -2.46. The summed E-state index contributed by atoms with van der Waals surface area (Å²) in [6, 6.07) is 9.84. The predicted molar refractivity (Wildman–Crippen MR) is 115 cm³/mol. The molecule has 7 nitrogen and oxygen atoms in total. The third-order valence-electron chi connectivity index (χ3n) is 4.79. The highest BCUT2D eigenvalue weighted by Gasteiger charge is 2.33. The van der Waals surface area contributed by atoms with Gasteiger partial charge in [-0.1, -0.05) is 41.3 Å². The molecular weight excluding hydrogens is 456 g/mol. The van der Waals surface area contributed by atoms with Crippen molar-refractivity contribution in [3.8, 4) is 0 Å². The highest BCUT2D eigenvalue weighted by Crippen LogP contribution is 2.28. The topological polar surface area (TPSA) is 91.7 Å². The van der Waals surface area contributed by atoms with Gasteiger partial charge in [-0.15, -0.1) is 0 Å². The summed E-state index contributed by atoms with van der Waals surface area (Å²) in [6.45, 7) is -0.270. The van der Waals surface area contributed by atoms with Crippen LogP contribution in [0.25, 0.3) is 0 Å². The largest absolute Gasteiger partial charge is 0.272 e. The quantitative estimate of drug-likeness (QED) is 0.487. The van der Waals surface area contributed by atoms with Gasteiger partial charge in [-0.2, -0.15) is 9.41 Å². The molecule has 0 bridgehead atoms. The molecule has 1 aromatic heterocycles. The number of carbonyl (C=O) groups excluding carboxylic acids is 1. The second kappa shape index (κ2) is 10.1. The molecule has 1 saturated carbocycles. The van der Waals surface area contributed by atoms with Crippen molar-refractivity contribution in [2.45, 2.75) is 43.0 Å². The lowest BCUT2D eigenvalue weighted by molar-refractivity contribution is -0.121. The van der Waals surface area contributed by atoms with Crippen LogP contribution in [-0.4, -0.2) is 42.4 Å². The summed E-state index contributed by atoms with van der Waals surface area (Å²) in [5.74, 6) is -0.476. The first-order chi connectivity index (χ1) is 14.0. The van der Waals surface area contributed by atoms with Crippen LogP contribution < -0.4 is 5.43 Å². The fourth-order valence-corrected chi connectivity index (χ4v) is 5.24. The molecule has 29 heavy (non-hydrogen) atoms. The number of carbonyl (C=O) groups is 1.